The molecule has 3 nitrogen and oxygen atoms in total. The summed E-state index contributed by atoms with van der Waals surface area (Å²) >= 11 is 0. The summed E-state index contributed by atoms with van der Waals surface area (Å²) in [5.41, 5.74) is 0.654. The fourth-order valence-electron chi connectivity index (χ4n) is 3.19. The number of rotatable bonds is 5. The number of hydrogen-bond acceptors (Lipinski definition) is 3. The summed E-state index contributed by atoms with van der Waals surface area (Å²) in [5, 5.41) is 0. The van der Waals surface area contributed by atoms with Crippen LogP contribution in [0.3, 0.4) is 0 Å². The molecule has 1 heterocycles. The monoisotopic (exact) mass is 366 g/mol. The third-order valence-electron chi connectivity index (χ3n) is 4.60. The summed E-state index contributed by atoms with van der Waals surface area (Å²) in [6.45, 7) is 2.32. The quantitative estimate of drug-likeness (QED) is 0.742. The molecule has 0 radical (unpaired) electrons. The summed E-state index contributed by atoms with van der Waals surface area (Å²) in [5.74, 6) is -2.96. The molecule has 1 aliphatic heterocycles. The first-order valence-electron chi connectivity index (χ1n) is 8.60. The number of ether oxygens (including phenoxy) is 3. The lowest BCUT2D eigenvalue weighted by molar-refractivity contribution is -0.150. The zero-order valence-corrected chi connectivity index (χ0v) is 14.7. The van der Waals surface area contributed by atoms with E-state index in [-0.39, 0.29) is 35.7 Å². The van der Waals surface area contributed by atoms with Crippen LogP contribution in [0.5, 0.6) is 5.75 Å². The maximum atomic E-state index is 14.6. The van der Waals surface area contributed by atoms with Gasteiger partial charge in [-0.25, -0.2) is 8.78 Å². The highest BCUT2D eigenvalue weighted by atomic mass is 19.2. The van der Waals surface area contributed by atoms with Crippen molar-refractivity contribution in [1.82, 2.24) is 0 Å². The van der Waals surface area contributed by atoms with E-state index < -0.39 is 17.5 Å². The van der Waals surface area contributed by atoms with Crippen LogP contribution < -0.4 is 4.74 Å². The smallest absolute Gasteiger partial charge is 0.201 e. The Bertz CT molecular complexity index is 771. The summed E-state index contributed by atoms with van der Waals surface area (Å²) in [6.07, 6.45) is 1.31. The third kappa shape index (κ3) is 3.71. The lowest BCUT2D eigenvalue weighted by Crippen LogP contribution is -2.26. The van der Waals surface area contributed by atoms with Crippen LogP contribution in [0.1, 0.15) is 31.2 Å². The van der Waals surface area contributed by atoms with Gasteiger partial charge in [-0.05, 0) is 43.5 Å². The van der Waals surface area contributed by atoms with Gasteiger partial charge in [-0.2, -0.15) is 4.39 Å². The number of benzene rings is 2. The minimum atomic E-state index is -1.12. The van der Waals surface area contributed by atoms with Gasteiger partial charge in [-0.1, -0.05) is 12.1 Å². The Labute approximate surface area is 150 Å². The molecule has 2 atom stereocenters. The Hall–Kier alpha value is -2.05. The van der Waals surface area contributed by atoms with Crippen molar-refractivity contribution in [2.24, 2.45) is 0 Å². The molecule has 3 rings (SSSR count). The molecule has 140 valence electrons. The molecule has 2 unspecified atom stereocenters. The van der Waals surface area contributed by atoms with Crippen LogP contribution in [0.15, 0.2) is 30.3 Å². The summed E-state index contributed by atoms with van der Waals surface area (Å²) in [6, 6.07) is 7.21. The van der Waals surface area contributed by atoms with E-state index in [1.165, 1.54) is 24.3 Å². The van der Waals surface area contributed by atoms with E-state index in [2.05, 4.69) is 0 Å². The molecule has 0 aromatic heterocycles. The minimum Gasteiger partial charge on any atom is -0.491 e. The predicted molar refractivity (Wildman–Crippen MR) is 91.6 cm³/mol. The molecule has 6 heteroatoms. The molecular formula is C20H21F3O3. The van der Waals surface area contributed by atoms with Gasteiger partial charge in [-0.3, -0.25) is 0 Å². The van der Waals surface area contributed by atoms with Crippen molar-refractivity contribution in [3.05, 3.63) is 53.3 Å². The van der Waals surface area contributed by atoms with Crippen molar-refractivity contribution in [3.8, 4) is 16.9 Å². The molecule has 2 aromatic carbocycles. The molecule has 26 heavy (non-hydrogen) atoms. The van der Waals surface area contributed by atoms with Crippen molar-refractivity contribution in [3.63, 3.8) is 0 Å². The Morgan fingerprint density at radius 2 is 1.81 bits per heavy atom. The molecule has 1 aliphatic rings. The van der Waals surface area contributed by atoms with Crippen LogP contribution in [0, 0.1) is 17.5 Å². The van der Waals surface area contributed by atoms with Gasteiger partial charge in [0.15, 0.2) is 17.9 Å². The first-order valence-corrected chi connectivity index (χ1v) is 8.60. The highest BCUT2D eigenvalue weighted by molar-refractivity contribution is 5.66. The van der Waals surface area contributed by atoms with Gasteiger partial charge in [0, 0.05) is 24.2 Å². The maximum Gasteiger partial charge on any atom is 0.201 e. The molecule has 1 fully saturated rings. The predicted octanol–water partition coefficient (Wildman–Crippen LogP) is 5.04. The van der Waals surface area contributed by atoms with Crippen molar-refractivity contribution >= 4 is 0 Å². The average molecular weight is 366 g/mol. The van der Waals surface area contributed by atoms with Crippen LogP contribution in [0.2, 0.25) is 0 Å². The molecule has 0 amide bonds. The highest BCUT2D eigenvalue weighted by Gasteiger charge is 2.24. The fourth-order valence-corrected chi connectivity index (χ4v) is 3.19. The molecule has 0 aliphatic carbocycles. The van der Waals surface area contributed by atoms with Gasteiger partial charge in [0.05, 0.1) is 13.2 Å². The van der Waals surface area contributed by atoms with Gasteiger partial charge in [0.1, 0.15) is 5.82 Å². The molecule has 1 saturated heterocycles. The molecule has 0 bridgehead atoms. The average Bonchev–Trinajstić information content (AvgIpc) is 2.66. The Balaban J connectivity index is 1.85. The largest absolute Gasteiger partial charge is 0.491 e. The van der Waals surface area contributed by atoms with E-state index in [0.717, 1.165) is 18.4 Å². The highest BCUT2D eigenvalue weighted by Crippen LogP contribution is 2.34. The van der Waals surface area contributed by atoms with E-state index in [9.17, 15) is 13.2 Å². The van der Waals surface area contributed by atoms with E-state index >= 15 is 0 Å². The van der Waals surface area contributed by atoms with E-state index in [4.69, 9.17) is 14.2 Å². The number of hydrogen-bond donors (Lipinski definition) is 0. The standard InChI is InChI=1S/C20H21F3O3/c1-3-25-17-8-7-15(19(22)20(17)23)14-6-4-12(10-16(14)21)13-5-9-18(24-2)26-11-13/h4,6-8,10,13,18H,3,5,9,11H2,1-2H3. The van der Waals surface area contributed by atoms with Gasteiger partial charge >= 0.3 is 0 Å². The van der Waals surface area contributed by atoms with Crippen LogP contribution in [0.4, 0.5) is 13.2 Å². The van der Waals surface area contributed by atoms with Gasteiger partial charge in [0.25, 0.3) is 0 Å². The maximum absolute atomic E-state index is 14.6. The van der Waals surface area contributed by atoms with Crippen LogP contribution in [-0.4, -0.2) is 26.6 Å². The minimum absolute atomic E-state index is 0.0136. The summed E-state index contributed by atoms with van der Waals surface area (Å²) in [4.78, 5) is 0. The third-order valence-corrected chi connectivity index (χ3v) is 4.60. The van der Waals surface area contributed by atoms with Crippen molar-refractivity contribution in [2.75, 3.05) is 20.3 Å². The Morgan fingerprint density at radius 1 is 1.04 bits per heavy atom. The molecule has 0 spiro atoms. The van der Waals surface area contributed by atoms with E-state index in [1.54, 1.807) is 20.1 Å². The van der Waals surface area contributed by atoms with Crippen molar-refractivity contribution in [2.45, 2.75) is 32.0 Å². The second kappa shape index (κ2) is 8.10. The SMILES string of the molecule is CCOc1ccc(-c2ccc(C3CCC(OC)OC3)cc2F)c(F)c1F. The topological polar surface area (TPSA) is 27.7 Å². The number of halogens is 3. The molecule has 2 aromatic rings. The van der Waals surface area contributed by atoms with E-state index in [0.29, 0.717) is 6.61 Å². The first-order chi connectivity index (χ1) is 12.5. The fraction of sp³-hybridized carbons (Fsp3) is 0.400. The zero-order valence-electron chi connectivity index (χ0n) is 14.7. The lowest BCUT2D eigenvalue weighted by atomic mass is 9.91. The molecule has 0 saturated carbocycles. The summed E-state index contributed by atoms with van der Waals surface area (Å²) < 4.78 is 58.7. The molecule has 0 N–H and O–H groups in total. The van der Waals surface area contributed by atoms with Crippen molar-refractivity contribution < 1.29 is 27.4 Å². The zero-order chi connectivity index (χ0) is 18.7. The second-order valence-corrected chi connectivity index (χ2v) is 6.18. The number of methoxy groups -OCH3 is 1. The second-order valence-electron chi connectivity index (χ2n) is 6.18. The van der Waals surface area contributed by atoms with Crippen molar-refractivity contribution in [1.29, 1.82) is 0 Å². The molecular weight excluding hydrogens is 345 g/mol. The van der Waals surface area contributed by atoms with Crippen LogP contribution in [-0.2, 0) is 9.47 Å². The van der Waals surface area contributed by atoms with Crippen LogP contribution >= 0.6 is 0 Å². The van der Waals surface area contributed by atoms with E-state index in [1.807, 2.05) is 0 Å². The van der Waals surface area contributed by atoms with Gasteiger partial charge in [0.2, 0.25) is 5.82 Å². The normalized spacial score (nSPS) is 20.2. The Kier molecular flexibility index (Phi) is 5.84. The van der Waals surface area contributed by atoms with Gasteiger partial charge < -0.3 is 14.2 Å². The lowest BCUT2D eigenvalue weighted by Gasteiger charge is -2.28. The first kappa shape index (κ1) is 18.7. The van der Waals surface area contributed by atoms with Gasteiger partial charge in [-0.15, -0.1) is 0 Å². The van der Waals surface area contributed by atoms with Crippen LogP contribution in [0.25, 0.3) is 11.1 Å². The Morgan fingerprint density at radius 3 is 2.42 bits per heavy atom. The summed E-state index contributed by atoms with van der Waals surface area (Å²) in [7, 11) is 1.59.